The second-order valence-electron chi connectivity index (χ2n) is 9.49. The Bertz CT molecular complexity index is 1270. The molecule has 0 fully saturated rings. The van der Waals surface area contributed by atoms with Crippen molar-refractivity contribution in [2.24, 2.45) is 0 Å². The van der Waals surface area contributed by atoms with E-state index in [9.17, 15) is 13.9 Å². The zero-order valence-corrected chi connectivity index (χ0v) is 21.2. The SMILES string of the molecule is CC(C)n1cc2c(NC(c3ccc(F)cc3)c3ccc(F)cc3)nc(N(C)CCN(C)C)nc2c1O. The number of benzene rings is 2. The fraction of sp³-hybridized carbons (Fsp3) is 0.333. The number of likely N-dealkylation sites (N-methyl/N-ethyl adjacent to an activating group) is 2. The van der Waals surface area contributed by atoms with Crippen molar-refractivity contribution >= 4 is 22.7 Å². The first-order valence-corrected chi connectivity index (χ1v) is 11.9. The molecule has 0 amide bonds. The molecule has 0 unspecified atom stereocenters. The first-order valence-electron chi connectivity index (χ1n) is 11.9. The van der Waals surface area contributed by atoms with Gasteiger partial charge in [-0.3, -0.25) is 0 Å². The van der Waals surface area contributed by atoms with Gasteiger partial charge in [0.1, 0.15) is 23.0 Å². The summed E-state index contributed by atoms with van der Waals surface area (Å²) in [5.74, 6) is 0.350. The van der Waals surface area contributed by atoms with E-state index in [4.69, 9.17) is 4.98 Å². The van der Waals surface area contributed by atoms with Crippen molar-refractivity contribution in [3.05, 3.63) is 77.5 Å². The summed E-state index contributed by atoms with van der Waals surface area (Å²) in [6.07, 6.45) is 1.83. The van der Waals surface area contributed by atoms with Crippen molar-refractivity contribution in [3.63, 3.8) is 0 Å². The highest BCUT2D eigenvalue weighted by atomic mass is 19.1. The van der Waals surface area contributed by atoms with Gasteiger partial charge in [-0.15, -0.1) is 0 Å². The third-order valence-electron chi connectivity index (χ3n) is 6.13. The molecule has 0 saturated carbocycles. The third kappa shape index (κ3) is 5.41. The van der Waals surface area contributed by atoms with E-state index in [1.165, 1.54) is 24.3 Å². The Morgan fingerprint density at radius 1 is 0.889 bits per heavy atom. The summed E-state index contributed by atoms with van der Waals surface area (Å²) in [5, 5.41) is 15.1. The molecule has 0 aliphatic rings. The summed E-state index contributed by atoms with van der Waals surface area (Å²) in [6.45, 7) is 5.43. The van der Waals surface area contributed by atoms with E-state index in [2.05, 4.69) is 15.2 Å². The van der Waals surface area contributed by atoms with Crippen LogP contribution in [0.15, 0.2) is 54.7 Å². The molecule has 2 aromatic heterocycles. The van der Waals surface area contributed by atoms with Crippen LogP contribution in [0.25, 0.3) is 10.9 Å². The Balaban J connectivity index is 1.85. The number of hydrogen-bond acceptors (Lipinski definition) is 6. The Morgan fingerprint density at radius 3 is 1.94 bits per heavy atom. The van der Waals surface area contributed by atoms with Crippen LogP contribution in [0, 0.1) is 11.6 Å². The lowest BCUT2D eigenvalue weighted by atomic mass is 9.98. The second-order valence-corrected chi connectivity index (χ2v) is 9.49. The number of hydrogen-bond donors (Lipinski definition) is 2. The molecule has 0 atom stereocenters. The first-order chi connectivity index (χ1) is 17.1. The molecule has 2 aromatic carbocycles. The third-order valence-corrected chi connectivity index (χ3v) is 6.13. The van der Waals surface area contributed by atoms with E-state index in [0.29, 0.717) is 29.2 Å². The molecule has 0 aliphatic carbocycles. The molecule has 7 nitrogen and oxygen atoms in total. The van der Waals surface area contributed by atoms with E-state index >= 15 is 0 Å². The van der Waals surface area contributed by atoms with Gasteiger partial charge in [-0.05, 0) is 63.3 Å². The molecule has 4 rings (SSSR count). The number of halogens is 2. The van der Waals surface area contributed by atoms with Gasteiger partial charge in [0.25, 0.3) is 0 Å². The van der Waals surface area contributed by atoms with E-state index < -0.39 is 6.04 Å². The van der Waals surface area contributed by atoms with Crippen LogP contribution in [-0.2, 0) is 0 Å². The van der Waals surface area contributed by atoms with E-state index in [1.807, 2.05) is 46.1 Å². The van der Waals surface area contributed by atoms with Crippen molar-refractivity contribution in [2.75, 3.05) is 44.4 Å². The Morgan fingerprint density at radius 2 is 1.44 bits per heavy atom. The fourth-order valence-electron chi connectivity index (χ4n) is 4.00. The van der Waals surface area contributed by atoms with Gasteiger partial charge in [0.05, 0.1) is 11.4 Å². The predicted molar refractivity (Wildman–Crippen MR) is 140 cm³/mol. The summed E-state index contributed by atoms with van der Waals surface area (Å²) in [5.41, 5.74) is 2.00. The highest BCUT2D eigenvalue weighted by molar-refractivity contribution is 5.94. The highest BCUT2D eigenvalue weighted by Gasteiger charge is 2.22. The summed E-state index contributed by atoms with van der Waals surface area (Å²) >= 11 is 0. The van der Waals surface area contributed by atoms with Gasteiger partial charge in [-0.25, -0.2) is 13.8 Å². The maximum atomic E-state index is 13.7. The van der Waals surface area contributed by atoms with Crippen LogP contribution in [0.3, 0.4) is 0 Å². The van der Waals surface area contributed by atoms with Crippen LogP contribution < -0.4 is 10.2 Å². The maximum Gasteiger partial charge on any atom is 0.227 e. The lowest BCUT2D eigenvalue weighted by Crippen LogP contribution is -2.29. The van der Waals surface area contributed by atoms with E-state index in [1.54, 1.807) is 28.8 Å². The summed E-state index contributed by atoms with van der Waals surface area (Å²) in [4.78, 5) is 13.5. The predicted octanol–water partition coefficient (Wildman–Crippen LogP) is 5.20. The molecule has 2 heterocycles. The van der Waals surface area contributed by atoms with Gasteiger partial charge in [0, 0.05) is 32.4 Å². The highest BCUT2D eigenvalue weighted by Crippen LogP contribution is 2.36. The summed E-state index contributed by atoms with van der Waals surface area (Å²) < 4.78 is 29.2. The molecule has 0 radical (unpaired) electrons. The minimum absolute atomic E-state index is 0.00645. The number of nitrogens with one attached hydrogen (secondary N) is 1. The second kappa shape index (κ2) is 10.5. The van der Waals surface area contributed by atoms with Gasteiger partial charge in [-0.1, -0.05) is 24.3 Å². The van der Waals surface area contributed by atoms with Gasteiger partial charge in [0.2, 0.25) is 11.8 Å². The molecule has 0 saturated heterocycles. The monoisotopic (exact) mass is 494 g/mol. The zero-order chi connectivity index (χ0) is 26.0. The van der Waals surface area contributed by atoms with E-state index in [-0.39, 0.29) is 23.6 Å². The minimum Gasteiger partial charge on any atom is -0.493 e. The molecule has 4 aromatic rings. The normalized spacial score (nSPS) is 11.7. The molecular weight excluding hydrogens is 462 g/mol. The largest absolute Gasteiger partial charge is 0.493 e. The fourth-order valence-corrected chi connectivity index (χ4v) is 4.00. The number of aromatic hydroxyl groups is 1. The first kappa shape index (κ1) is 25.4. The van der Waals surface area contributed by atoms with Crippen molar-refractivity contribution in [1.29, 1.82) is 0 Å². The zero-order valence-electron chi connectivity index (χ0n) is 21.2. The summed E-state index contributed by atoms with van der Waals surface area (Å²) in [6, 6.07) is 11.9. The minimum atomic E-state index is -0.450. The van der Waals surface area contributed by atoms with Gasteiger partial charge >= 0.3 is 0 Å². The smallest absolute Gasteiger partial charge is 0.227 e. The number of aromatic nitrogens is 3. The van der Waals surface area contributed by atoms with Crippen LogP contribution in [0.5, 0.6) is 5.88 Å². The quantitative estimate of drug-likeness (QED) is 0.334. The van der Waals surface area contributed by atoms with Crippen LogP contribution in [-0.4, -0.2) is 58.8 Å². The summed E-state index contributed by atoms with van der Waals surface area (Å²) in [7, 11) is 5.90. The topological polar surface area (TPSA) is 69.5 Å². The van der Waals surface area contributed by atoms with Crippen LogP contribution in [0.1, 0.15) is 37.1 Å². The molecule has 2 N–H and O–H groups in total. The van der Waals surface area contributed by atoms with Crippen LogP contribution in [0.2, 0.25) is 0 Å². The number of nitrogens with zero attached hydrogens (tertiary/aromatic N) is 5. The van der Waals surface area contributed by atoms with Crippen molar-refractivity contribution < 1.29 is 13.9 Å². The van der Waals surface area contributed by atoms with E-state index in [0.717, 1.165) is 17.7 Å². The molecule has 0 bridgehead atoms. The Labute approximate surface area is 210 Å². The number of anilines is 2. The molecular formula is C27H32F2N6O. The molecule has 36 heavy (non-hydrogen) atoms. The van der Waals surface area contributed by atoms with Crippen LogP contribution in [0.4, 0.5) is 20.5 Å². The standard InChI is InChI=1S/C27H32F2N6O/c1-17(2)35-16-22-24(26(35)36)31-27(34(5)15-14-33(3)4)32-25(22)30-23(18-6-10-20(28)11-7-18)19-8-12-21(29)13-9-19/h6-13,16-17,23,36H,14-15H2,1-5H3,(H,30,31,32). The van der Waals surface area contributed by atoms with Crippen molar-refractivity contribution in [1.82, 2.24) is 19.4 Å². The molecule has 9 heteroatoms. The molecule has 0 aliphatic heterocycles. The van der Waals surface area contributed by atoms with Crippen LogP contribution >= 0.6 is 0 Å². The lowest BCUT2D eigenvalue weighted by molar-refractivity contribution is 0.404. The van der Waals surface area contributed by atoms with Gasteiger partial charge < -0.3 is 24.8 Å². The number of fused-ring (bicyclic) bond motifs is 1. The molecule has 0 spiro atoms. The number of rotatable bonds is 9. The van der Waals surface area contributed by atoms with Gasteiger partial charge in [0.15, 0.2) is 0 Å². The average Bonchev–Trinajstić information content (AvgIpc) is 3.19. The van der Waals surface area contributed by atoms with Crippen molar-refractivity contribution in [3.8, 4) is 5.88 Å². The maximum absolute atomic E-state index is 13.7. The van der Waals surface area contributed by atoms with Gasteiger partial charge in [-0.2, -0.15) is 4.98 Å². The van der Waals surface area contributed by atoms with Crippen molar-refractivity contribution in [2.45, 2.75) is 25.9 Å². The Kier molecular flexibility index (Phi) is 7.40. The average molecular weight is 495 g/mol. The lowest BCUT2D eigenvalue weighted by Gasteiger charge is -2.23. The Hall–Kier alpha value is -3.72. The molecule has 190 valence electrons.